The van der Waals surface area contributed by atoms with E-state index < -0.39 is 24.5 Å². The fourth-order valence-corrected chi connectivity index (χ4v) is 3.68. The number of para-hydroxylation sites is 1. The van der Waals surface area contributed by atoms with Gasteiger partial charge in [0.1, 0.15) is 6.54 Å². The molecule has 13 heteroatoms. The van der Waals surface area contributed by atoms with Crippen molar-refractivity contribution in [3.05, 3.63) is 81.3 Å². The number of hydrogen-bond donors (Lipinski definition) is 1. The molecule has 4 aromatic rings. The zero-order valence-electron chi connectivity index (χ0n) is 19.1. The van der Waals surface area contributed by atoms with Gasteiger partial charge in [0.15, 0.2) is 29.4 Å². The minimum absolute atomic E-state index is 0.0252. The highest BCUT2D eigenvalue weighted by atomic mass is 35.5. The minimum atomic E-state index is -4.94. The molecule has 36 heavy (non-hydrogen) atoms. The lowest BCUT2D eigenvalue weighted by Crippen LogP contribution is -2.37. The molecule has 9 nitrogen and oxygen atoms in total. The number of hydrogen-bond acceptors (Lipinski definition) is 6. The number of nitrogens with zero attached hydrogens (tertiary/aromatic N) is 6. The van der Waals surface area contributed by atoms with E-state index in [9.17, 15) is 27.9 Å². The third-order valence-electron chi connectivity index (χ3n) is 5.36. The summed E-state index contributed by atoms with van der Waals surface area (Å²) in [5, 5.41) is 18.5. The van der Waals surface area contributed by atoms with Crippen LogP contribution in [0.5, 0.6) is 0 Å². The molecule has 0 saturated carbocycles. The first-order valence-corrected chi connectivity index (χ1v) is 11.0. The van der Waals surface area contributed by atoms with Gasteiger partial charge >= 0.3 is 11.9 Å². The van der Waals surface area contributed by atoms with E-state index in [-0.39, 0.29) is 29.8 Å². The molecule has 0 aliphatic rings. The number of aromatic nitrogens is 6. The van der Waals surface area contributed by atoms with Crippen LogP contribution in [-0.4, -0.2) is 52.3 Å². The van der Waals surface area contributed by atoms with Crippen molar-refractivity contribution in [1.29, 1.82) is 0 Å². The summed E-state index contributed by atoms with van der Waals surface area (Å²) in [6, 6.07) is 13.1. The number of benzene rings is 2. The van der Waals surface area contributed by atoms with Gasteiger partial charge in [-0.2, -0.15) is 13.2 Å². The molecular formula is C23H20ClF3N6O3. The van der Waals surface area contributed by atoms with Crippen molar-refractivity contribution in [3.8, 4) is 17.1 Å². The molecule has 1 unspecified atom stereocenters. The number of aliphatic hydroxyl groups is 1. The Hall–Kier alpha value is -3.77. The Morgan fingerprint density at radius 2 is 1.78 bits per heavy atom. The lowest BCUT2D eigenvalue weighted by molar-refractivity contribution is -0.207. The number of halogens is 4. The molecule has 0 radical (unpaired) electrons. The largest absolute Gasteiger partial charge is 0.416 e. The normalized spacial score (nSPS) is 12.6. The number of rotatable bonds is 7. The van der Waals surface area contributed by atoms with Gasteiger partial charge in [-0.25, -0.2) is 19.1 Å². The van der Waals surface area contributed by atoms with Gasteiger partial charge in [-0.05, 0) is 42.8 Å². The van der Waals surface area contributed by atoms with Crippen molar-refractivity contribution in [2.45, 2.75) is 39.2 Å². The molecule has 0 aliphatic carbocycles. The van der Waals surface area contributed by atoms with Gasteiger partial charge in [0.2, 0.25) is 0 Å². The van der Waals surface area contributed by atoms with E-state index >= 15 is 0 Å². The summed E-state index contributed by atoms with van der Waals surface area (Å²) in [4.78, 5) is 29.5. The Morgan fingerprint density at radius 3 is 2.39 bits per heavy atom. The Labute approximate surface area is 207 Å². The van der Waals surface area contributed by atoms with Crippen LogP contribution in [0, 0.1) is 6.92 Å². The highest BCUT2D eigenvalue weighted by molar-refractivity contribution is 6.30. The van der Waals surface area contributed by atoms with Gasteiger partial charge < -0.3 is 5.11 Å². The summed E-state index contributed by atoms with van der Waals surface area (Å²) in [7, 11) is 0. The quantitative estimate of drug-likeness (QED) is 0.374. The second kappa shape index (κ2) is 9.70. The molecule has 0 aliphatic heterocycles. The van der Waals surface area contributed by atoms with Crippen molar-refractivity contribution in [2.24, 2.45) is 0 Å². The first-order chi connectivity index (χ1) is 17.0. The molecule has 0 spiro atoms. The predicted octanol–water partition coefficient (Wildman–Crippen LogP) is 3.43. The molecular weight excluding hydrogens is 501 g/mol. The summed E-state index contributed by atoms with van der Waals surface area (Å²) in [5.74, 6) is -0.401. The Bertz CT molecular complexity index is 1470. The van der Waals surface area contributed by atoms with Crippen molar-refractivity contribution < 1.29 is 23.1 Å². The van der Waals surface area contributed by atoms with Gasteiger partial charge in [0, 0.05) is 17.5 Å². The van der Waals surface area contributed by atoms with E-state index in [1.165, 1.54) is 35.9 Å². The molecule has 188 valence electrons. The Balaban J connectivity index is 1.78. The lowest BCUT2D eigenvalue weighted by Gasteiger charge is -2.15. The highest BCUT2D eigenvalue weighted by Gasteiger charge is 2.39. The van der Waals surface area contributed by atoms with E-state index in [0.717, 1.165) is 14.8 Å². The first kappa shape index (κ1) is 25.3. The second-order valence-corrected chi connectivity index (χ2v) is 8.48. The topological polar surface area (TPSA) is 108 Å². The molecule has 4 rings (SSSR count). The highest BCUT2D eigenvalue weighted by Crippen LogP contribution is 2.24. The standard InChI is InChI=1S/C23H20ClF3N6O3/c1-13-5-3-4-6-17(13)33-20(14(2)34)28-19(29-33)12-32-22(36)31(11-18(35)23(25,26)27)21(30-32)15-7-9-16(24)10-8-15/h3-10,18,35H,11-12H2,1-2H3. The van der Waals surface area contributed by atoms with Gasteiger partial charge in [-0.1, -0.05) is 29.8 Å². The van der Waals surface area contributed by atoms with Crippen molar-refractivity contribution in [2.75, 3.05) is 0 Å². The number of carbonyl (C=O) groups excluding carboxylic acids is 1. The maximum Gasteiger partial charge on any atom is 0.416 e. The third-order valence-corrected chi connectivity index (χ3v) is 5.61. The molecule has 0 fully saturated rings. The molecule has 0 bridgehead atoms. The predicted molar refractivity (Wildman–Crippen MR) is 124 cm³/mol. The molecule has 1 atom stereocenters. The van der Waals surface area contributed by atoms with Crippen molar-refractivity contribution in [1.82, 2.24) is 29.1 Å². The van der Waals surface area contributed by atoms with Crippen LogP contribution in [0.25, 0.3) is 17.1 Å². The zero-order chi connectivity index (χ0) is 26.2. The fraction of sp³-hybridized carbons (Fsp3) is 0.261. The smallest absolute Gasteiger partial charge is 0.382 e. The summed E-state index contributed by atoms with van der Waals surface area (Å²) >= 11 is 5.90. The van der Waals surface area contributed by atoms with Crippen LogP contribution in [0.1, 0.15) is 28.9 Å². The Morgan fingerprint density at radius 1 is 1.11 bits per heavy atom. The number of aliphatic hydroxyl groups excluding tert-OH is 1. The average Bonchev–Trinajstić information content (AvgIpc) is 3.36. The summed E-state index contributed by atoms with van der Waals surface area (Å²) < 4.78 is 42.1. The average molecular weight is 521 g/mol. The molecule has 0 amide bonds. The lowest BCUT2D eigenvalue weighted by atomic mass is 10.2. The first-order valence-electron chi connectivity index (χ1n) is 10.7. The van der Waals surface area contributed by atoms with E-state index in [2.05, 4.69) is 15.2 Å². The van der Waals surface area contributed by atoms with Crippen molar-refractivity contribution >= 4 is 17.4 Å². The van der Waals surface area contributed by atoms with Crippen LogP contribution in [0.3, 0.4) is 0 Å². The molecule has 0 saturated heterocycles. The molecule has 2 heterocycles. The SMILES string of the molecule is CC(=O)c1nc(Cn2nc(-c3ccc(Cl)cc3)n(CC(O)C(F)(F)F)c2=O)nn1-c1ccccc1C. The molecule has 2 aromatic heterocycles. The fourth-order valence-electron chi connectivity index (χ4n) is 3.55. The maximum atomic E-state index is 13.1. The number of ketones is 1. The van der Waals surface area contributed by atoms with Crippen LogP contribution >= 0.6 is 11.6 Å². The zero-order valence-corrected chi connectivity index (χ0v) is 19.8. The summed E-state index contributed by atoms with van der Waals surface area (Å²) in [5.41, 5.74) is 0.825. The van der Waals surface area contributed by atoms with E-state index in [4.69, 9.17) is 11.6 Å². The van der Waals surface area contributed by atoms with E-state index in [1.807, 2.05) is 19.1 Å². The van der Waals surface area contributed by atoms with Crippen LogP contribution in [-0.2, 0) is 13.1 Å². The maximum absolute atomic E-state index is 13.1. The van der Waals surface area contributed by atoms with Gasteiger partial charge in [0.05, 0.1) is 12.2 Å². The van der Waals surface area contributed by atoms with Gasteiger partial charge in [0.25, 0.3) is 0 Å². The number of carbonyl (C=O) groups is 1. The Kier molecular flexibility index (Phi) is 6.83. The van der Waals surface area contributed by atoms with Gasteiger partial charge in [-0.15, -0.1) is 10.2 Å². The van der Waals surface area contributed by atoms with Crippen molar-refractivity contribution in [3.63, 3.8) is 0 Å². The van der Waals surface area contributed by atoms with E-state index in [0.29, 0.717) is 16.3 Å². The van der Waals surface area contributed by atoms with Crippen LogP contribution in [0.15, 0.2) is 53.3 Å². The van der Waals surface area contributed by atoms with Crippen LogP contribution in [0.4, 0.5) is 13.2 Å². The van der Waals surface area contributed by atoms with Gasteiger partial charge in [-0.3, -0.25) is 9.36 Å². The number of alkyl halides is 3. The van der Waals surface area contributed by atoms with E-state index in [1.54, 1.807) is 12.1 Å². The number of aryl methyl sites for hydroxylation is 1. The third kappa shape index (κ3) is 5.09. The summed E-state index contributed by atoms with van der Waals surface area (Å²) in [6.45, 7) is 1.76. The monoisotopic (exact) mass is 520 g/mol. The van der Waals surface area contributed by atoms with Crippen LogP contribution < -0.4 is 5.69 Å². The molecule has 1 N–H and O–H groups in total. The number of Topliss-reactive ketones (excluding diaryl/α,β-unsaturated/α-hetero) is 1. The molecule has 2 aromatic carbocycles. The minimum Gasteiger partial charge on any atom is -0.382 e. The summed E-state index contributed by atoms with van der Waals surface area (Å²) in [6.07, 6.45) is -7.73. The van der Waals surface area contributed by atoms with Crippen LogP contribution in [0.2, 0.25) is 5.02 Å². The second-order valence-electron chi connectivity index (χ2n) is 8.04.